The molecule has 100 valence electrons. The highest BCUT2D eigenvalue weighted by Gasteiger charge is 2.19. The maximum atomic E-state index is 10.2. The van der Waals surface area contributed by atoms with Crippen LogP contribution in [0.1, 0.15) is 23.3 Å². The normalized spacial score (nSPS) is 13.9. The average molecular weight is 257 g/mol. The molecule has 2 aromatic carbocycles. The summed E-state index contributed by atoms with van der Waals surface area (Å²) < 4.78 is 0. The molecule has 0 bridgehead atoms. The van der Waals surface area contributed by atoms with Crippen molar-refractivity contribution in [3.8, 4) is 0 Å². The molecule has 3 heteroatoms. The minimum atomic E-state index is -0.918. The van der Waals surface area contributed by atoms with E-state index >= 15 is 0 Å². The van der Waals surface area contributed by atoms with Crippen LogP contribution < -0.4 is 4.90 Å². The van der Waals surface area contributed by atoms with Gasteiger partial charge in [-0.15, -0.1) is 0 Å². The zero-order chi connectivity index (χ0) is 13.8. The molecule has 0 saturated heterocycles. The van der Waals surface area contributed by atoms with Gasteiger partial charge in [-0.25, -0.2) is 0 Å². The first-order valence-electron chi connectivity index (χ1n) is 6.28. The lowest BCUT2D eigenvalue weighted by molar-refractivity contribution is 0.0172. The Labute approximate surface area is 113 Å². The Morgan fingerprint density at radius 1 is 0.737 bits per heavy atom. The summed E-state index contributed by atoms with van der Waals surface area (Å²) in [4.78, 5) is 1.99. The standard InChI is InChI=1S/C16H19NO2/c1-17(2)14-10-8-13(9-11-14)16(19)15(18)12-6-4-3-5-7-12/h3-11,15-16,18-19H,1-2H3/t15-,16+/m1/s1. The fraction of sp³-hybridized carbons (Fsp3) is 0.250. The number of hydrogen-bond donors (Lipinski definition) is 2. The molecule has 19 heavy (non-hydrogen) atoms. The SMILES string of the molecule is CN(C)c1ccc([C@H](O)[C@H](O)c2ccccc2)cc1. The van der Waals surface area contributed by atoms with E-state index in [2.05, 4.69) is 0 Å². The van der Waals surface area contributed by atoms with Gasteiger partial charge in [-0.3, -0.25) is 0 Å². The Bertz CT molecular complexity index is 508. The molecular formula is C16H19NO2. The molecule has 0 unspecified atom stereocenters. The highest BCUT2D eigenvalue weighted by molar-refractivity contribution is 5.46. The lowest BCUT2D eigenvalue weighted by Crippen LogP contribution is -2.11. The van der Waals surface area contributed by atoms with Crippen molar-refractivity contribution >= 4 is 5.69 Å². The third-order valence-electron chi connectivity index (χ3n) is 3.19. The lowest BCUT2D eigenvalue weighted by atomic mass is 9.98. The minimum Gasteiger partial charge on any atom is -0.385 e. The number of aliphatic hydroxyl groups is 2. The van der Waals surface area contributed by atoms with E-state index in [0.29, 0.717) is 11.1 Å². The van der Waals surface area contributed by atoms with Gasteiger partial charge >= 0.3 is 0 Å². The molecule has 2 atom stereocenters. The topological polar surface area (TPSA) is 43.7 Å². The second-order valence-corrected chi connectivity index (χ2v) is 4.79. The summed E-state index contributed by atoms with van der Waals surface area (Å²) in [5.41, 5.74) is 2.48. The van der Waals surface area contributed by atoms with Crippen LogP contribution in [0.25, 0.3) is 0 Å². The second-order valence-electron chi connectivity index (χ2n) is 4.79. The predicted octanol–water partition coefficient (Wildman–Crippen LogP) is 2.52. The number of anilines is 1. The van der Waals surface area contributed by atoms with Crippen LogP contribution in [-0.2, 0) is 0 Å². The summed E-state index contributed by atoms with van der Waals surface area (Å²) in [6.45, 7) is 0. The second kappa shape index (κ2) is 5.87. The summed E-state index contributed by atoms with van der Waals surface area (Å²) in [6.07, 6.45) is -1.83. The van der Waals surface area contributed by atoms with Crippen molar-refractivity contribution in [2.45, 2.75) is 12.2 Å². The number of nitrogens with zero attached hydrogens (tertiary/aromatic N) is 1. The summed E-state index contributed by atoms with van der Waals surface area (Å²) in [7, 11) is 3.93. The minimum absolute atomic E-state index is 0.710. The van der Waals surface area contributed by atoms with Gasteiger partial charge in [-0.2, -0.15) is 0 Å². The van der Waals surface area contributed by atoms with E-state index in [1.54, 1.807) is 0 Å². The Morgan fingerprint density at radius 3 is 1.68 bits per heavy atom. The van der Waals surface area contributed by atoms with E-state index < -0.39 is 12.2 Å². The number of benzene rings is 2. The number of aliphatic hydroxyl groups excluding tert-OH is 2. The zero-order valence-corrected chi connectivity index (χ0v) is 11.2. The fourth-order valence-corrected chi connectivity index (χ4v) is 1.98. The van der Waals surface area contributed by atoms with Gasteiger partial charge in [0.25, 0.3) is 0 Å². The molecule has 0 spiro atoms. The smallest absolute Gasteiger partial charge is 0.109 e. The van der Waals surface area contributed by atoms with E-state index in [4.69, 9.17) is 0 Å². The van der Waals surface area contributed by atoms with E-state index in [1.807, 2.05) is 73.6 Å². The van der Waals surface area contributed by atoms with E-state index in [9.17, 15) is 10.2 Å². The molecule has 0 saturated carbocycles. The molecule has 0 aliphatic heterocycles. The van der Waals surface area contributed by atoms with Crippen LogP contribution in [-0.4, -0.2) is 24.3 Å². The molecule has 2 N–H and O–H groups in total. The quantitative estimate of drug-likeness (QED) is 0.884. The molecule has 2 rings (SSSR count). The number of hydrogen-bond acceptors (Lipinski definition) is 3. The van der Waals surface area contributed by atoms with Gasteiger partial charge in [0.1, 0.15) is 12.2 Å². The van der Waals surface area contributed by atoms with Crippen LogP contribution in [0.2, 0.25) is 0 Å². The maximum absolute atomic E-state index is 10.2. The van der Waals surface area contributed by atoms with Crippen LogP contribution in [0.5, 0.6) is 0 Å². The maximum Gasteiger partial charge on any atom is 0.109 e. The Hall–Kier alpha value is -1.84. The largest absolute Gasteiger partial charge is 0.385 e. The van der Waals surface area contributed by atoms with Crippen molar-refractivity contribution in [3.63, 3.8) is 0 Å². The van der Waals surface area contributed by atoms with Gasteiger partial charge in [-0.1, -0.05) is 42.5 Å². The van der Waals surface area contributed by atoms with Crippen LogP contribution in [0.3, 0.4) is 0 Å². The highest BCUT2D eigenvalue weighted by Crippen LogP contribution is 2.29. The first-order chi connectivity index (χ1) is 9.09. The fourth-order valence-electron chi connectivity index (χ4n) is 1.98. The first-order valence-corrected chi connectivity index (χ1v) is 6.28. The summed E-state index contributed by atoms with van der Waals surface area (Å²) >= 11 is 0. The number of rotatable bonds is 4. The average Bonchev–Trinajstić information content (AvgIpc) is 2.46. The van der Waals surface area contributed by atoms with Crippen molar-refractivity contribution in [2.24, 2.45) is 0 Å². The van der Waals surface area contributed by atoms with Crippen LogP contribution >= 0.6 is 0 Å². The van der Waals surface area contributed by atoms with E-state index in [0.717, 1.165) is 5.69 Å². The molecule has 0 aliphatic carbocycles. The molecule has 0 fully saturated rings. The molecular weight excluding hydrogens is 238 g/mol. The monoisotopic (exact) mass is 257 g/mol. The van der Waals surface area contributed by atoms with Crippen molar-refractivity contribution in [3.05, 3.63) is 65.7 Å². The van der Waals surface area contributed by atoms with Gasteiger partial charge < -0.3 is 15.1 Å². The zero-order valence-electron chi connectivity index (χ0n) is 11.2. The van der Waals surface area contributed by atoms with Crippen molar-refractivity contribution in [2.75, 3.05) is 19.0 Å². The van der Waals surface area contributed by atoms with Gasteiger partial charge in [0, 0.05) is 19.8 Å². The summed E-state index contributed by atoms with van der Waals surface area (Å²) in [6, 6.07) is 16.7. The Kier molecular flexibility index (Phi) is 4.20. The highest BCUT2D eigenvalue weighted by atomic mass is 16.3. The van der Waals surface area contributed by atoms with Crippen LogP contribution in [0, 0.1) is 0 Å². The van der Waals surface area contributed by atoms with Crippen LogP contribution in [0.4, 0.5) is 5.69 Å². The third kappa shape index (κ3) is 3.13. The Balaban J connectivity index is 2.17. The van der Waals surface area contributed by atoms with Crippen molar-refractivity contribution in [1.82, 2.24) is 0 Å². The summed E-state index contributed by atoms with van der Waals surface area (Å²) in [5, 5.41) is 20.4. The molecule has 0 amide bonds. The molecule has 0 aliphatic rings. The molecule has 0 heterocycles. The van der Waals surface area contributed by atoms with Gasteiger partial charge in [0.05, 0.1) is 0 Å². The molecule has 0 aromatic heterocycles. The van der Waals surface area contributed by atoms with Gasteiger partial charge in [0.15, 0.2) is 0 Å². The summed E-state index contributed by atoms with van der Waals surface area (Å²) in [5.74, 6) is 0. The molecule has 0 radical (unpaired) electrons. The van der Waals surface area contributed by atoms with E-state index in [1.165, 1.54) is 0 Å². The third-order valence-corrected chi connectivity index (χ3v) is 3.19. The lowest BCUT2D eigenvalue weighted by Gasteiger charge is -2.20. The Morgan fingerprint density at radius 2 is 1.21 bits per heavy atom. The predicted molar refractivity (Wildman–Crippen MR) is 77.1 cm³/mol. The van der Waals surface area contributed by atoms with Gasteiger partial charge in [-0.05, 0) is 23.3 Å². The first kappa shape index (κ1) is 13.6. The molecule has 2 aromatic rings. The van der Waals surface area contributed by atoms with Crippen LogP contribution in [0.15, 0.2) is 54.6 Å². The van der Waals surface area contributed by atoms with Crippen molar-refractivity contribution in [1.29, 1.82) is 0 Å². The molecule has 3 nitrogen and oxygen atoms in total. The van der Waals surface area contributed by atoms with Gasteiger partial charge in [0.2, 0.25) is 0 Å². The van der Waals surface area contributed by atoms with E-state index in [-0.39, 0.29) is 0 Å². The van der Waals surface area contributed by atoms with Crippen molar-refractivity contribution < 1.29 is 10.2 Å².